The molecule has 0 spiro atoms. The topological polar surface area (TPSA) is 88.5 Å². The summed E-state index contributed by atoms with van der Waals surface area (Å²) in [5, 5.41) is 11.3. The van der Waals surface area contributed by atoms with Gasteiger partial charge in [0.05, 0.1) is 38.0 Å². The maximum absolute atomic E-state index is 13.2. The van der Waals surface area contributed by atoms with Gasteiger partial charge in [0.2, 0.25) is 0 Å². The number of carbonyl (C=O) groups excluding carboxylic acids is 2. The van der Waals surface area contributed by atoms with E-state index in [0.29, 0.717) is 47.9 Å². The second kappa shape index (κ2) is 11.1. The smallest absolute Gasteiger partial charge is 0.295 e. The Morgan fingerprint density at radius 1 is 1.03 bits per heavy atom. The molecule has 0 aromatic heterocycles. The third-order valence-electron chi connectivity index (χ3n) is 5.71. The van der Waals surface area contributed by atoms with Crippen molar-refractivity contribution in [2.24, 2.45) is 0 Å². The highest BCUT2D eigenvalue weighted by atomic mass is 16.5. The first-order valence-corrected chi connectivity index (χ1v) is 11.2. The molecule has 0 radical (unpaired) electrons. The minimum atomic E-state index is -0.732. The van der Waals surface area contributed by atoms with Gasteiger partial charge in [-0.05, 0) is 63.8 Å². The molecule has 1 aliphatic rings. The number of ketones is 1. The van der Waals surface area contributed by atoms with Gasteiger partial charge >= 0.3 is 0 Å². The summed E-state index contributed by atoms with van der Waals surface area (Å²) in [6, 6.07) is 11.4. The van der Waals surface area contributed by atoms with Crippen LogP contribution in [0.15, 0.2) is 48.0 Å². The Bertz CT molecular complexity index is 1060. The van der Waals surface area contributed by atoms with Gasteiger partial charge in [0.15, 0.2) is 0 Å². The van der Waals surface area contributed by atoms with Crippen molar-refractivity contribution in [2.45, 2.75) is 19.4 Å². The summed E-state index contributed by atoms with van der Waals surface area (Å²) in [6.07, 6.45) is 0.680. The van der Waals surface area contributed by atoms with Crippen molar-refractivity contribution in [1.29, 1.82) is 0 Å². The van der Waals surface area contributed by atoms with Crippen LogP contribution in [0.3, 0.4) is 0 Å². The predicted octanol–water partition coefficient (Wildman–Crippen LogP) is 3.48. The van der Waals surface area contributed by atoms with Crippen LogP contribution in [0.4, 0.5) is 0 Å². The van der Waals surface area contributed by atoms with E-state index in [4.69, 9.17) is 14.2 Å². The van der Waals surface area contributed by atoms with Gasteiger partial charge in [0.25, 0.3) is 11.7 Å². The zero-order chi connectivity index (χ0) is 24.8. The third kappa shape index (κ3) is 5.17. The van der Waals surface area contributed by atoms with E-state index < -0.39 is 17.7 Å². The largest absolute Gasteiger partial charge is 0.507 e. The molecule has 1 fully saturated rings. The van der Waals surface area contributed by atoms with E-state index in [1.54, 1.807) is 30.3 Å². The van der Waals surface area contributed by atoms with Crippen LogP contribution in [0, 0.1) is 0 Å². The van der Waals surface area contributed by atoms with Crippen LogP contribution in [0.1, 0.15) is 30.5 Å². The molecule has 34 heavy (non-hydrogen) atoms. The number of rotatable bonds is 10. The fraction of sp³-hybridized carbons (Fsp3) is 0.385. The Balaban J connectivity index is 2.12. The summed E-state index contributed by atoms with van der Waals surface area (Å²) in [5.41, 5.74) is 1.05. The Morgan fingerprint density at radius 2 is 1.71 bits per heavy atom. The van der Waals surface area contributed by atoms with Gasteiger partial charge in [-0.15, -0.1) is 0 Å². The Kier molecular flexibility index (Phi) is 8.17. The number of benzene rings is 2. The van der Waals surface area contributed by atoms with Gasteiger partial charge in [-0.2, -0.15) is 0 Å². The lowest BCUT2D eigenvalue weighted by molar-refractivity contribution is -0.139. The molecular formula is C26H32N2O6. The van der Waals surface area contributed by atoms with Crippen LogP contribution in [-0.4, -0.2) is 74.6 Å². The first-order valence-electron chi connectivity index (χ1n) is 11.2. The van der Waals surface area contributed by atoms with Crippen LogP contribution < -0.4 is 14.2 Å². The van der Waals surface area contributed by atoms with Crippen molar-refractivity contribution in [3.63, 3.8) is 0 Å². The summed E-state index contributed by atoms with van der Waals surface area (Å²) in [4.78, 5) is 29.8. The lowest BCUT2D eigenvalue weighted by Crippen LogP contribution is -2.32. The molecule has 0 aliphatic carbocycles. The van der Waals surface area contributed by atoms with Crippen molar-refractivity contribution in [3.05, 3.63) is 59.2 Å². The molecule has 0 bridgehead atoms. The highest BCUT2D eigenvalue weighted by Gasteiger charge is 2.46. The molecule has 8 nitrogen and oxygen atoms in total. The number of ether oxygens (including phenoxy) is 3. The molecule has 1 atom stereocenters. The molecule has 1 unspecified atom stereocenters. The minimum absolute atomic E-state index is 0.0301. The van der Waals surface area contributed by atoms with E-state index in [2.05, 4.69) is 0 Å². The third-order valence-corrected chi connectivity index (χ3v) is 5.71. The molecular weight excluding hydrogens is 436 g/mol. The molecule has 3 rings (SSSR count). The predicted molar refractivity (Wildman–Crippen MR) is 129 cm³/mol. The highest BCUT2D eigenvalue weighted by molar-refractivity contribution is 6.46. The number of aliphatic hydroxyl groups is 1. The Morgan fingerprint density at radius 3 is 2.29 bits per heavy atom. The number of nitrogens with zero attached hydrogens (tertiary/aromatic N) is 2. The SMILES string of the molecule is CCOc1ccc(C2/C(=C(/O)c3ccc(OC)cc3OC)C(=O)C(=O)N2CCCN(C)C)cc1. The summed E-state index contributed by atoms with van der Waals surface area (Å²) >= 11 is 0. The molecule has 182 valence electrons. The van der Waals surface area contributed by atoms with Gasteiger partial charge in [-0.1, -0.05) is 12.1 Å². The van der Waals surface area contributed by atoms with Crippen LogP contribution in [-0.2, 0) is 9.59 Å². The van der Waals surface area contributed by atoms with Crippen molar-refractivity contribution in [1.82, 2.24) is 9.80 Å². The van der Waals surface area contributed by atoms with E-state index in [9.17, 15) is 14.7 Å². The molecule has 0 saturated carbocycles. The van der Waals surface area contributed by atoms with E-state index >= 15 is 0 Å². The number of methoxy groups -OCH3 is 2. The monoisotopic (exact) mass is 468 g/mol. The van der Waals surface area contributed by atoms with Crippen molar-refractivity contribution < 1.29 is 28.9 Å². The van der Waals surface area contributed by atoms with Gasteiger partial charge < -0.3 is 29.1 Å². The number of hydrogen-bond acceptors (Lipinski definition) is 7. The molecule has 1 amide bonds. The quantitative estimate of drug-likeness (QED) is 0.324. The molecule has 2 aromatic rings. The lowest BCUT2D eigenvalue weighted by atomic mass is 9.95. The molecule has 1 heterocycles. The Hall–Kier alpha value is -3.52. The summed E-state index contributed by atoms with van der Waals surface area (Å²) in [6.45, 7) is 3.55. The summed E-state index contributed by atoms with van der Waals surface area (Å²) in [5.74, 6) is -0.0769. The number of aliphatic hydroxyl groups excluding tert-OH is 1. The second-order valence-electron chi connectivity index (χ2n) is 8.22. The maximum atomic E-state index is 13.2. The molecule has 8 heteroatoms. The van der Waals surface area contributed by atoms with Crippen molar-refractivity contribution >= 4 is 17.4 Å². The van der Waals surface area contributed by atoms with E-state index in [1.807, 2.05) is 38.1 Å². The first-order chi connectivity index (χ1) is 16.3. The van der Waals surface area contributed by atoms with E-state index in [0.717, 1.165) is 6.54 Å². The average molecular weight is 469 g/mol. The van der Waals surface area contributed by atoms with Gasteiger partial charge in [-0.3, -0.25) is 9.59 Å². The van der Waals surface area contributed by atoms with E-state index in [1.165, 1.54) is 19.1 Å². The Labute approximate surface area is 200 Å². The fourth-order valence-electron chi connectivity index (χ4n) is 4.07. The molecule has 1 saturated heterocycles. The standard InChI is InChI=1S/C26H32N2O6/c1-6-34-18-10-8-17(9-11-18)23-22(25(30)26(31)28(23)15-7-14-27(2)3)24(29)20-13-12-19(32-4)16-21(20)33-5/h8-13,16,23,29H,6-7,14-15H2,1-5H3/b24-22-. The van der Waals surface area contributed by atoms with E-state index in [-0.39, 0.29) is 11.3 Å². The fourth-order valence-corrected chi connectivity index (χ4v) is 4.07. The minimum Gasteiger partial charge on any atom is -0.507 e. The first kappa shape index (κ1) is 25.1. The van der Waals surface area contributed by atoms with Crippen LogP contribution >= 0.6 is 0 Å². The average Bonchev–Trinajstić information content (AvgIpc) is 3.08. The number of likely N-dealkylation sites (tertiary alicyclic amines) is 1. The van der Waals surface area contributed by atoms with Crippen LogP contribution in [0.5, 0.6) is 17.2 Å². The summed E-state index contributed by atoms with van der Waals surface area (Å²) < 4.78 is 16.2. The number of hydrogen-bond donors (Lipinski definition) is 1. The molecule has 1 N–H and O–H groups in total. The van der Waals surface area contributed by atoms with Gasteiger partial charge in [-0.25, -0.2) is 0 Å². The van der Waals surface area contributed by atoms with Gasteiger partial charge in [0, 0.05) is 12.6 Å². The number of Topliss-reactive ketones (excluding diaryl/α,β-unsaturated/α-hetero) is 1. The highest BCUT2D eigenvalue weighted by Crippen LogP contribution is 2.41. The number of carbonyl (C=O) groups is 2. The van der Waals surface area contributed by atoms with Crippen LogP contribution in [0.25, 0.3) is 5.76 Å². The second-order valence-corrected chi connectivity index (χ2v) is 8.22. The van der Waals surface area contributed by atoms with Gasteiger partial charge in [0.1, 0.15) is 23.0 Å². The van der Waals surface area contributed by atoms with Crippen molar-refractivity contribution in [2.75, 3.05) is 48.0 Å². The molecule has 2 aromatic carbocycles. The van der Waals surface area contributed by atoms with Crippen molar-refractivity contribution in [3.8, 4) is 17.2 Å². The maximum Gasteiger partial charge on any atom is 0.295 e. The molecule has 1 aliphatic heterocycles. The zero-order valence-electron chi connectivity index (χ0n) is 20.3. The lowest BCUT2D eigenvalue weighted by Gasteiger charge is -2.26. The van der Waals surface area contributed by atoms with Crippen LogP contribution in [0.2, 0.25) is 0 Å². The number of amides is 1. The normalized spacial score (nSPS) is 17.4. The summed E-state index contributed by atoms with van der Waals surface area (Å²) in [7, 11) is 6.90. The zero-order valence-corrected chi connectivity index (χ0v) is 20.3.